The molecule has 0 saturated carbocycles. The van der Waals surface area contributed by atoms with Gasteiger partial charge >= 0.3 is 5.69 Å². The van der Waals surface area contributed by atoms with Crippen LogP contribution in [0.2, 0.25) is 0 Å². The van der Waals surface area contributed by atoms with Crippen molar-refractivity contribution in [2.75, 3.05) is 35.4 Å². The van der Waals surface area contributed by atoms with Crippen LogP contribution in [0, 0.1) is 0 Å². The molecular formula is C27H40N6O6S. The van der Waals surface area contributed by atoms with Crippen molar-refractivity contribution >= 4 is 33.3 Å². The van der Waals surface area contributed by atoms with E-state index in [1.807, 2.05) is 13.8 Å². The molecule has 3 aromatic rings. The van der Waals surface area contributed by atoms with Crippen LogP contribution < -0.4 is 20.7 Å². The van der Waals surface area contributed by atoms with Gasteiger partial charge in [-0.3, -0.25) is 18.8 Å². The summed E-state index contributed by atoms with van der Waals surface area (Å²) in [6, 6.07) is 3.02. The van der Waals surface area contributed by atoms with Gasteiger partial charge in [0.05, 0.1) is 25.3 Å². The van der Waals surface area contributed by atoms with Crippen molar-refractivity contribution in [3.63, 3.8) is 0 Å². The zero-order chi connectivity index (χ0) is 29.9. The molecule has 2 aromatic heterocycles. The first-order chi connectivity index (χ1) is 18.8. The second kappa shape index (κ2) is 12.4. The van der Waals surface area contributed by atoms with Gasteiger partial charge in [-0.25, -0.2) is 18.2 Å². The van der Waals surface area contributed by atoms with E-state index in [-0.39, 0.29) is 16.3 Å². The Bertz CT molecular complexity index is 1630. The van der Waals surface area contributed by atoms with Gasteiger partial charge in [0.1, 0.15) is 5.82 Å². The van der Waals surface area contributed by atoms with E-state index in [1.165, 1.54) is 40.8 Å². The molecule has 40 heavy (non-hydrogen) atoms. The predicted octanol–water partition coefficient (Wildman–Crippen LogP) is 2.43. The molecule has 1 aromatic carbocycles. The topological polar surface area (TPSA) is 121 Å². The van der Waals surface area contributed by atoms with Gasteiger partial charge < -0.3 is 14.0 Å². The van der Waals surface area contributed by atoms with Gasteiger partial charge in [0.2, 0.25) is 10.0 Å². The second-order valence-electron chi connectivity index (χ2n) is 9.79. The summed E-state index contributed by atoms with van der Waals surface area (Å²) in [5, 5.41) is 0. The smallest absolute Gasteiger partial charge is 0.332 e. The molecule has 0 radical (unpaired) electrons. The number of aryl methyl sites for hydroxylation is 2. The van der Waals surface area contributed by atoms with Crippen LogP contribution in [-0.4, -0.2) is 77.8 Å². The Labute approximate surface area is 235 Å². The minimum absolute atomic E-state index is 0.0181. The number of benzene rings is 1. The summed E-state index contributed by atoms with van der Waals surface area (Å²) in [6.07, 6.45) is 4.13. The fourth-order valence-electron chi connectivity index (χ4n) is 4.45. The Balaban J connectivity index is 2.27. The Morgan fingerprint density at radius 2 is 1.55 bits per heavy atom. The maximum absolute atomic E-state index is 13.7. The number of rotatable bonds is 12. The summed E-state index contributed by atoms with van der Waals surface area (Å²) in [4.78, 5) is 32.8. The summed E-state index contributed by atoms with van der Waals surface area (Å²) >= 11 is 0. The lowest BCUT2D eigenvalue weighted by molar-refractivity contribution is 0.194. The number of sulfonamides is 1. The van der Waals surface area contributed by atoms with E-state index in [4.69, 9.17) is 9.47 Å². The van der Waals surface area contributed by atoms with E-state index in [1.54, 1.807) is 55.8 Å². The fraction of sp³-hybridized carbons (Fsp3) is 0.519. The average molecular weight is 577 g/mol. The van der Waals surface area contributed by atoms with E-state index >= 15 is 0 Å². The van der Waals surface area contributed by atoms with Crippen LogP contribution in [0.3, 0.4) is 0 Å². The van der Waals surface area contributed by atoms with E-state index in [0.717, 1.165) is 0 Å². The highest BCUT2D eigenvalue weighted by atomic mass is 32.2. The lowest BCUT2D eigenvalue weighted by Crippen LogP contribution is -2.43. The highest BCUT2D eigenvalue weighted by molar-refractivity contribution is 7.89. The SMILES string of the molecule is CCCn1c(=O)c2c(nc(/C=C/c3cc(OC)c(OC)cc3S(=O)(=O)N(C)C(C)N(C)C)n2C)n(CCC)c1=O. The van der Waals surface area contributed by atoms with Crippen molar-refractivity contribution in [3.05, 3.63) is 44.4 Å². The Morgan fingerprint density at radius 3 is 2.10 bits per heavy atom. The molecule has 12 nitrogen and oxygen atoms in total. The highest BCUT2D eigenvalue weighted by Gasteiger charge is 2.30. The normalized spacial score (nSPS) is 13.2. The first-order valence-electron chi connectivity index (χ1n) is 13.1. The van der Waals surface area contributed by atoms with Crippen molar-refractivity contribution in [2.45, 2.75) is 57.8 Å². The molecule has 3 rings (SSSR count). The number of aromatic nitrogens is 4. The first-order valence-corrected chi connectivity index (χ1v) is 14.6. The average Bonchev–Trinajstić information content (AvgIpc) is 3.26. The van der Waals surface area contributed by atoms with Crippen LogP contribution in [0.4, 0.5) is 0 Å². The molecule has 0 saturated heterocycles. The summed E-state index contributed by atoms with van der Waals surface area (Å²) in [7, 11) is 5.75. The maximum atomic E-state index is 13.7. The number of ether oxygens (including phenoxy) is 2. The molecule has 0 bridgehead atoms. The lowest BCUT2D eigenvalue weighted by Gasteiger charge is -2.30. The standard InChI is InChI=1S/C27H40N6O6S/c1-10-14-32-25-24(26(34)33(15-11-2)27(32)35)30(6)23(28-25)13-12-19-16-20(38-8)21(39-9)17-22(19)40(36,37)31(7)18(3)29(4)5/h12-13,16-18H,10-11,14-15H2,1-9H3/b13-12+. The Hall–Kier alpha value is -3.42. The minimum atomic E-state index is -3.97. The van der Waals surface area contributed by atoms with Gasteiger partial charge in [-0.1, -0.05) is 13.8 Å². The molecule has 0 amide bonds. The van der Waals surface area contributed by atoms with Crippen LogP contribution >= 0.6 is 0 Å². The van der Waals surface area contributed by atoms with Crippen LogP contribution in [0.1, 0.15) is 45.0 Å². The van der Waals surface area contributed by atoms with Gasteiger partial charge in [-0.05, 0) is 57.6 Å². The largest absolute Gasteiger partial charge is 0.493 e. The molecule has 2 heterocycles. The number of imidazole rings is 1. The van der Waals surface area contributed by atoms with Crippen LogP contribution in [0.15, 0.2) is 26.6 Å². The molecule has 0 aliphatic heterocycles. The number of methoxy groups -OCH3 is 2. The number of hydrogen-bond acceptors (Lipinski definition) is 8. The highest BCUT2D eigenvalue weighted by Crippen LogP contribution is 2.35. The third-order valence-electron chi connectivity index (χ3n) is 7.03. The van der Waals surface area contributed by atoms with Gasteiger partial charge in [0.15, 0.2) is 22.7 Å². The summed E-state index contributed by atoms with van der Waals surface area (Å²) in [5.74, 6) is 1.01. The molecule has 0 aliphatic rings. The Kier molecular flexibility index (Phi) is 9.64. The van der Waals surface area contributed by atoms with Crippen molar-refractivity contribution in [1.29, 1.82) is 0 Å². The molecule has 0 spiro atoms. The fourth-order valence-corrected chi connectivity index (χ4v) is 6.03. The van der Waals surface area contributed by atoms with Gasteiger partial charge in [-0.2, -0.15) is 4.31 Å². The number of nitrogens with zero attached hydrogens (tertiary/aromatic N) is 6. The summed E-state index contributed by atoms with van der Waals surface area (Å²) < 4.78 is 44.0. The molecule has 0 fully saturated rings. The molecule has 13 heteroatoms. The quantitative estimate of drug-likeness (QED) is 0.302. The summed E-state index contributed by atoms with van der Waals surface area (Å²) in [5.41, 5.74) is 0.155. The summed E-state index contributed by atoms with van der Waals surface area (Å²) in [6.45, 7) is 6.36. The zero-order valence-electron chi connectivity index (χ0n) is 24.8. The van der Waals surface area contributed by atoms with E-state index < -0.39 is 21.7 Å². The van der Waals surface area contributed by atoms with Crippen LogP contribution in [0.25, 0.3) is 23.3 Å². The van der Waals surface area contributed by atoms with Crippen LogP contribution in [0.5, 0.6) is 11.5 Å². The molecule has 220 valence electrons. The van der Waals surface area contributed by atoms with E-state index in [9.17, 15) is 18.0 Å². The molecule has 0 N–H and O–H groups in total. The molecule has 1 unspecified atom stereocenters. The van der Waals surface area contributed by atoms with Crippen molar-refractivity contribution in [1.82, 2.24) is 27.9 Å². The van der Waals surface area contributed by atoms with E-state index in [0.29, 0.717) is 54.2 Å². The Morgan fingerprint density at radius 1 is 0.975 bits per heavy atom. The third kappa shape index (κ3) is 5.58. The second-order valence-corrected chi connectivity index (χ2v) is 11.8. The van der Waals surface area contributed by atoms with Crippen molar-refractivity contribution < 1.29 is 17.9 Å². The molecule has 0 aliphatic carbocycles. The predicted molar refractivity (Wildman–Crippen MR) is 156 cm³/mol. The van der Waals surface area contributed by atoms with Crippen molar-refractivity contribution in [2.24, 2.45) is 7.05 Å². The van der Waals surface area contributed by atoms with Crippen molar-refractivity contribution in [3.8, 4) is 11.5 Å². The molecule has 1 atom stereocenters. The lowest BCUT2D eigenvalue weighted by atomic mass is 10.2. The zero-order valence-corrected chi connectivity index (χ0v) is 25.6. The van der Waals surface area contributed by atoms with Crippen LogP contribution in [-0.2, 0) is 30.2 Å². The van der Waals surface area contributed by atoms with Gasteiger partial charge in [0.25, 0.3) is 5.56 Å². The van der Waals surface area contributed by atoms with Gasteiger partial charge in [0, 0.05) is 33.3 Å². The molecular weight excluding hydrogens is 536 g/mol. The third-order valence-corrected chi connectivity index (χ3v) is 9.00. The number of hydrogen-bond donors (Lipinski definition) is 0. The number of fused-ring (bicyclic) bond motifs is 1. The van der Waals surface area contributed by atoms with Gasteiger partial charge in [-0.15, -0.1) is 0 Å². The monoisotopic (exact) mass is 576 g/mol. The minimum Gasteiger partial charge on any atom is -0.493 e. The first kappa shape index (κ1) is 31.1. The maximum Gasteiger partial charge on any atom is 0.332 e. The van der Waals surface area contributed by atoms with E-state index in [2.05, 4.69) is 4.98 Å².